The quantitative estimate of drug-likeness (QED) is 0.688. The number of fused-ring (bicyclic) bond motifs is 1. The molecule has 126 valence electrons. The van der Waals surface area contributed by atoms with Crippen molar-refractivity contribution >= 4 is 10.1 Å². The van der Waals surface area contributed by atoms with Crippen molar-refractivity contribution in [2.24, 2.45) is 0 Å². The number of rotatable bonds is 3. The summed E-state index contributed by atoms with van der Waals surface area (Å²) in [6, 6.07) is 14.8. The fraction of sp³-hybridized carbons (Fsp3) is 0.263. The first kappa shape index (κ1) is 18.2. The number of hydrogen-bond donors (Lipinski definition) is 1. The maximum Gasteiger partial charge on any atom is 0.124 e. The Kier molecular flexibility index (Phi) is 6.16. The van der Waals surface area contributed by atoms with E-state index in [4.69, 9.17) is 6.42 Å². The molecule has 2 aromatic carbocycles. The zero-order chi connectivity index (χ0) is 17.6. The lowest BCUT2D eigenvalue weighted by molar-refractivity contribution is 0.463. The highest BCUT2D eigenvalue weighted by Crippen LogP contribution is 2.30. The highest BCUT2D eigenvalue weighted by Gasteiger charge is 2.20. The van der Waals surface area contributed by atoms with Gasteiger partial charge in [-0.25, -0.2) is 8.42 Å². The van der Waals surface area contributed by atoms with E-state index in [1.54, 1.807) is 12.1 Å². The van der Waals surface area contributed by atoms with Gasteiger partial charge >= 0.3 is 0 Å². The molecule has 0 saturated carbocycles. The van der Waals surface area contributed by atoms with Crippen molar-refractivity contribution in [3.05, 3.63) is 65.2 Å². The maximum absolute atomic E-state index is 10.4. The molecule has 1 aliphatic carbocycles. The normalized spacial score (nSPS) is 15.8. The molecule has 0 amide bonds. The van der Waals surface area contributed by atoms with Gasteiger partial charge in [0.15, 0.2) is 0 Å². The van der Waals surface area contributed by atoms with Crippen molar-refractivity contribution in [1.29, 1.82) is 0 Å². The Morgan fingerprint density at radius 3 is 2.50 bits per heavy atom. The SMILES string of the molecule is C#CCN[C@@H]1CCc2ccccc21.Cc1ccc(S(=O)(=O)[O-])cc1. The molecular formula is C19H20NO3S-. The van der Waals surface area contributed by atoms with Crippen molar-refractivity contribution < 1.29 is 13.0 Å². The van der Waals surface area contributed by atoms with Crippen molar-refractivity contribution in [1.82, 2.24) is 5.32 Å². The minimum absolute atomic E-state index is 0.178. The molecule has 3 rings (SSSR count). The molecule has 2 aromatic rings. The summed E-state index contributed by atoms with van der Waals surface area (Å²) in [6.45, 7) is 2.49. The molecule has 4 nitrogen and oxygen atoms in total. The van der Waals surface area contributed by atoms with Gasteiger partial charge in [0, 0.05) is 6.04 Å². The molecule has 0 spiro atoms. The van der Waals surface area contributed by atoms with E-state index in [9.17, 15) is 13.0 Å². The molecule has 0 unspecified atom stereocenters. The highest BCUT2D eigenvalue weighted by molar-refractivity contribution is 7.85. The van der Waals surface area contributed by atoms with Crippen LogP contribution in [0, 0.1) is 19.3 Å². The second kappa shape index (κ2) is 8.11. The van der Waals surface area contributed by atoms with E-state index in [1.165, 1.54) is 36.1 Å². The lowest BCUT2D eigenvalue weighted by Crippen LogP contribution is -2.19. The van der Waals surface area contributed by atoms with Crippen molar-refractivity contribution in [3.63, 3.8) is 0 Å². The van der Waals surface area contributed by atoms with Crippen LogP contribution in [0.5, 0.6) is 0 Å². The van der Waals surface area contributed by atoms with Gasteiger partial charge in [-0.1, -0.05) is 47.9 Å². The molecule has 1 N–H and O–H groups in total. The molecule has 5 heteroatoms. The maximum atomic E-state index is 10.4. The molecule has 0 saturated heterocycles. The summed E-state index contributed by atoms with van der Waals surface area (Å²) in [4.78, 5) is -0.178. The highest BCUT2D eigenvalue weighted by atomic mass is 32.2. The summed E-state index contributed by atoms with van der Waals surface area (Å²) in [5.74, 6) is 2.61. The fourth-order valence-electron chi connectivity index (χ4n) is 2.66. The molecule has 1 atom stereocenters. The fourth-order valence-corrected chi connectivity index (χ4v) is 3.13. The third-order valence-corrected chi connectivity index (χ3v) is 4.74. The summed E-state index contributed by atoms with van der Waals surface area (Å²) < 4.78 is 31.2. The van der Waals surface area contributed by atoms with E-state index in [2.05, 4.69) is 35.5 Å². The predicted molar refractivity (Wildman–Crippen MR) is 93.5 cm³/mol. The Morgan fingerprint density at radius 1 is 1.21 bits per heavy atom. The molecule has 0 fully saturated rings. The lowest BCUT2D eigenvalue weighted by Gasteiger charge is -2.10. The Morgan fingerprint density at radius 2 is 1.88 bits per heavy atom. The molecule has 24 heavy (non-hydrogen) atoms. The smallest absolute Gasteiger partial charge is 0.124 e. The van der Waals surface area contributed by atoms with Gasteiger partial charge in [-0.3, -0.25) is 5.32 Å². The van der Waals surface area contributed by atoms with E-state index < -0.39 is 10.1 Å². The molecule has 0 aliphatic heterocycles. The standard InChI is InChI=1S/C12H13N.C7H8O3S/c1-2-9-13-12-8-7-10-5-3-4-6-11(10)12;1-6-2-4-7(5-3-6)11(8,9)10/h1,3-6,12-13H,7-9H2;2-5H,1H3,(H,8,9,10)/p-1/t12-;/m1./s1. The number of nitrogens with one attached hydrogen (secondary N) is 1. The minimum Gasteiger partial charge on any atom is -0.744 e. The van der Waals surface area contributed by atoms with Gasteiger partial charge in [0.25, 0.3) is 0 Å². The molecule has 1 aliphatic rings. The van der Waals surface area contributed by atoms with Crippen LogP contribution < -0.4 is 5.32 Å². The summed E-state index contributed by atoms with van der Waals surface area (Å²) in [5.41, 5.74) is 3.83. The second-order valence-electron chi connectivity index (χ2n) is 5.64. The third kappa shape index (κ3) is 4.93. The van der Waals surface area contributed by atoms with Gasteiger partial charge in [0.2, 0.25) is 0 Å². The van der Waals surface area contributed by atoms with Gasteiger partial charge < -0.3 is 4.55 Å². The van der Waals surface area contributed by atoms with Gasteiger partial charge in [-0.15, -0.1) is 6.42 Å². The van der Waals surface area contributed by atoms with E-state index >= 15 is 0 Å². The van der Waals surface area contributed by atoms with Crippen LogP contribution in [0.4, 0.5) is 0 Å². The number of hydrogen-bond acceptors (Lipinski definition) is 4. The molecule has 0 radical (unpaired) electrons. The topological polar surface area (TPSA) is 69.2 Å². The predicted octanol–water partition coefficient (Wildman–Crippen LogP) is 2.80. The molecule has 0 bridgehead atoms. The van der Waals surface area contributed by atoms with Gasteiger partial charge in [-0.2, -0.15) is 0 Å². The molecular weight excluding hydrogens is 322 g/mol. The van der Waals surface area contributed by atoms with Gasteiger partial charge in [0.1, 0.15) is 10.1 Å². The van der Waals surface area contributed by atoms with E-state index in [0.717, 1.165) is 5.56 Å². The van der Waals surface area contributed by atoms with Crippen molar-refractivity contribution in [2.75, 3.05) is 6.54 Å². The van der Waals surface area contributed by atoms with Crippen LogP contribution in [0.1, 0.15) is 29.2 Å². The van der Waals surface area contributed by atoms with Crippen LogP contribution in [0.2, 0.25) is 0 Å². The van der Waals surface area contributed by atoms with Crippen molar-refractivity contribution in [2.45, 2.75) is 30.7 Å². The minimum atomic E-state index is -4.27. The van der Waals surface area contributed by atoms with Crippen LogP contribution in [0.25, 0.3) is 0 Å². The van der Waals surface area contributed by atoms with Crippen LogP contribution in [-0.2, 0) is 16.5 Å². The second-order valence-corrected chi connectivity index (χ2v) is 7.02. The number of terminal acetylenes is 1. The zero-order valence-corrected chi connectivity index (χ0v) is 14.3. The lowest BCUT2D eigenvalue weighted by atomic mass is 10.1. The average molecular weight is 342 g/mol. The van der Waals surface area contributed by atoms with Gasteiger partial charge in [0.05, 0.1) is 11.4 Å². The van der Waals surface area contributed by atoms with Crippen molar-refractivity contribution in [3.8, 4) is 12.3 Å². The molecule has 0 heterocycles. The first-order valence-corrected chi connectivity index (χ1v) is 9.10. The zero-order valence-electron chi connectivity index (χ0n) is 13.5. The first-order chi connectivity index (χ1) is 11.4. The monoisotopic (exact) mass is 342 g/mol. The Bertz CT molecular complexity index is 820. The van der Waals surface area contributed by atoms with Gasteiger partial charge in [-0.05, 0) is 43.0 Å². The van der Waals surface area contributed by atoms with Crippen LogP contribution in [-0.4, -0.2) is 19.5 Å². The largest absolute Gasteiger partial charge is 0.744 e. The van der Waals surface area contributed by atoms with Crippen LogP contribution >= 0.6 is 0 Å². The Hall–Kier alpha value is -2.13. The van der Waals surface area contributed by atoms with E-state index in [0.29, 0.717) is 12.6 Å². The van der Waals surface area contributed by atoms with Crippen LogP contribution in [0.15, 0.2) is 53.4 Å². The first-order valence-electron chi connectivity index (χ1n) is 7.69. The third-order valence-electron chi connectivity index (χ3n) is 3.89. The Labute approximate surface area is 143 Å². The molecule has 0 aromatic heterocycles. The number of aryl methyl sites for hydroxylation is 2. The number of benzene rings is 2. The summed E-state index contributed by atoms with van der Waals surface area (Å²) >= 11 is 0. The van der Waals surface area contributed by atoms with E-state index in [1.807, 2.05) is 6.92 Å². The average Bonchev–Trinajstić information content (AvgIpc) is 2.96. The summed E-state index contributed by atoms with van der Waals surface area (Å²) in [6.07, 6.45) is 7.57. The van der Waals surface area contributed by atoms with E-state index in [-0.39, 0.29) is 4.90 Å². The Balaban J connectivity index is 0.000000177. The summed E-state index contributed by atoms with van der Waals surface area (Å²) in [7, 11) is -4.27. The summed E-state index contributed by atoms with van der Waals surface area (Å²) in [5, 5.41) is 3.35. The van der Waals surface area contributed by atoms with Crippen LogP contribution in [0.3, 0.4) is 0 Å².